The number of ether oxygens (including phenoxy) is 1. The van der Waals surface area contributed by atoms with Crippen LogP contribution in [0.1, 0.15) is 49.2 Å². The van der Waals surface area contributed by atoms with Crippen molar-refractivity contribution in [3.63, 3.8) is 0 Å². The lowest BCUT2D eigenvalue weighted by Crippen LogP contribution is -2.53. The van der Waals surface area contributed by atoms with Crippen LogP contribution < -0.4 is 10.6 Å². The van der Waals surface area contributed by atoms with Crippen LogP contribution in [-0.4, -0.2) is 67.9 Å². The number of furan rings is 1. The molecule has 2 N–H and O–H groups in total. The van der Waals surface area contributed by atoms with Crippen LogP contribution in [0.3, 0.4) is 0 Å². The number of rotatable bonds is 10. The van der Waals surface area contributed by atoms with Gasteiger partial charge >= 0.3 is 0 Å². The van der Waals surface area contributed by atoms with Crippen LogP contribution in [-0.2, 0) is 14.3 Å². The zero-order valence-electron chi connectivity index (χ0n) is 18.0. The summed E-state index contributed by atoms with van der Waals surface area (Å²) in [5.74, 6) is 0.00896. The Morgan fingerprint density at radius 2 is 2.00 bits per heavy atom. The molecule has 2 rings (SSSR count). The highest BCUT2D eigenvalue weighted by Crippen LogP contribution is 2.16. The number of nitrogens with one attached hydrogen (secondary N) is 2. The molecule has 29 heavy (non-hydrogen) atoms. The Morgan fingerprint density at radius 3 is 2.59 bits per heavy atom. The minimum atomic E-state index is -0.734. The van der Waals surface area contributed by atoms with E-state index in [2.05, 4.69) is 24.5 Å². The van der Waals surface area contributed by atoms with E-state index in [1.165, 1.54) is 6.26 Å². The molecule has 0 spiro atoms. The molecule has 1 fully saturated rings. The summed E-state index contributed by atoms with van der Waals surface area (Å²) in [6.45, 7) is 6.56. The molecule has 3 atom stereocenters. The van der Waals surface area contributed by atoms with E-state index in [-0.39, 0.29) is 30.3 Å². The molecule has 2 amide bonds. The normalized spacial score (nSPS) is 20.3. The molecule has 0 saturated carbocycles. The van der Waals surface area contributed by atoms with Gasteiger partial charge in [-0.15, -0.1) is 0 Å². The Kier molecular flexibility index (Phi) is 8.40. The van der Waals surface area contributed by atoms with Crippen molar-refractivity contribution in [2.45, 2.75) is 58.2 Å². The van der Waals surface area contributed by atoms with E-state index in [0.717, 1.165) is 13.0 Å². The predicted octanol–water partition coefficient (Wildman–Crippen LogP) is 1.53. The van der Waals surface area contributed by atoms with E-state index in [4.69, 9.17) is 9.15 Å². The first-order valence-electron chi connectivity index (χ1n) is 10.1. The predicted molar refractivity (Wildman–Crippen MR) is 109 cm³/mol. The fraction of sp³-hybridized carbons (Fsp3) is 0.667. The van der Waals surface area contributed by atoms with Gasteiger partial charge < -0.3 is 24.7 Å². The van der Waals surface area contributed by atoms with Crippen molar-refractivity contribution in [3.8, 4) is 0 Å². The number of ketones is 1. The smallest absolute Gasteiger partial charge is 0.255 e. The van der Waals surface area contributed by atoms with Crippen LogP contribution in [0.15, 0.2) is 16.7 Å². The summed E-state index contributed by atoms with van der Waals surface area (Å²) in [6.07, 6.45) is 2.97. The molecule has 1 saturated heterocycles. The summed E-state index contributed by atoms with van der Waals surface area (Å²) in [5.41, 5.74) is 0.400. The van der Waals surface area contributed by atoms with Crippen LogP contribution in [0.25, 0.3) is 0 Å². The summed E-state index contributed by atoms with van der Waals surface area (Å²) >= 11 is 0. The highest BCUT2D eigenvalue weighted by Gasteiger charge is 2.38. The van der Waals surface area contributed by atoms with Crippen LogP contribution in [0.2, 0.25) is 0 Å². The second-order valence-electron chi connectivity index (χ2n) is 8.28. The van der Waals surface area contributed by atoms with Gasteiger partial charge in [-0.25, -0.2) is 0 Å². The van der Waals surface area contributed by atoms with Crippen LogP contribution in [0.5, 0.6) is 0 Å². The number of nitrogens with zero attached hydrogens (tertiary/aromatic N) is 1. The molecule has 0 radical (unpaired) electrons. The first-order chi connectivity index (χ1) is 13.7. The van der Waals surface area contributed by atoms with E-state index in [0.29, 0.717) is 30.1 Å². The highest BCUT2D eigenvalue weighted by atomic mass is 16.5. The monoisotopic (exact) mass is 407 g/mol. The summed E-state index contributed by atoms with van der Waals surface area (Å²) in [4.78, 5) is 39.8. The number of aryl methyl sites for hydroxylation is 1. The molecular weight excluding hydrogens is 374 g/mol. The summed E-state index contributed by atoms with van der Waals surface area (Å²) in [5, 5.41) is 5.62. The number of hydrogen-bond acceptors (Lipinski definition) is 6. The lowest BCUT2D eigenvalue weighted by Gasteiger charge is -2.24. The van der Waals surface area contributed by atoms with Crippen molar-refractivity contribution in [2.24, 2.45) is 5.92 Å². The van der Waals surface area contributed by atoms with Crippen molar-refractivity contribution < 1.29 is 23.5 Å². The Bertz CT molecular complexity index is 713. The van der Waals surface area contributed by atoms with E-state index in [9.17, 15) is 14.4 Å². The Balaban J connectivity index is 2.06. The maximum absolute atomic E-state index is 13.0. The Hall–Kier alpha value is -2.19. The Labute approximate surface area is 172 Å². The molecule has 1 aromatic rings. The average molecular weight is 408 g/mol. The molecule has 8 nitrogen and oxygen atoms in total. The van der Waals surface area contributed by atoms with Gasteiger partial charge in [-0.2, -0.15) is 0 Å². The lowest BCUT2D eigenvalue weighted by molar-refractivity contribution is -0.127. The van der Waals surface area contributed by atoms with Crippen LogP contribution >= 0.6 is 0 Å². The second kappa shape index (κ2) is 10.5. The number of amides is 2. The van der Waals surface area contributed by atoms with Crippen molar-refractivity contribution in [1.82, 2.24) is 15.5 Å². The molecular formula is C21H33N3O5. The van der Waals surface area contributed by atoms with Gasteiger partial charge in [-0.05, 0) is 52.3 Å². The summed E-state index contributed by atoms with van der Waals surface area (Å²) in [7, 11) is 3.89. The van der Waals surface area contributed by atoms with Gasteiger partial charge in [0.2, 0.25) is 5.91 Å². The number of Topliss-reactive ketones (excluding diaryl/α,β-unsaturated/α-hetero) is 1. The van der Waals surface area contributed by atoms with E-state index < -0.39 is 12.1 Å². The van der Waals surface area contributed by atoms with Gasteiger partial charge in [-0.3, -0.25) is 14.4 Å². The van der Waals surface area contributed by atoms with E-state index in [1.807, 2.05) is 19.0 Å². The molecule has 1 aliphatic heterocycles. The van der Waals surface area contributed by atoms with Gasteiger partial charge in [0.1, 0.15) is 24.5 Å². The average Bonchev–Trinajstić information content (AvgIpc) is 3.22. The SMILES string of the molecule is Cc1occc1C(=O)N[C@@H](CCC(C)C)C(=O)NC1C(=O)COC1CCN(C)C. The van der Waals surface area contributed by atoms with Gasteiger partial charge in [0.25, 0.3) is 5.91 Å². The fourth-order valence-corrected chi connectivity index (χ4v) is 3.27. The summed E-state index contributed by atoms with van der Waals surface area (Å²) in [6, 6.07) is 0.159. The third-order valence-corrected chi connectivity index (χ3v) is 5.07. The topological polar surface area (TPSA) is 101 Å². The molecule has 0 bridgehead atoms. The van der Waals surface area contributed by atoms with Gasteiger partial charge in [0, 0.05) is 6.54 Å². The molecule has 1 aromatic heterocycles. The van der Waals surface area contributed by atoms with Crippen molar-refractivity contribution in [3.05, 3.63) is 23.7 Å². The zero-order chi connectivity index (χ0) is 21.6. The number of carbonyl (C=O) groups excluding carboxylic acids is 3. The van der Waals surface area contributed by atoms with Crippen LogP contribution in [0.4, 0.5) is 0 Å². The molecule has 2 unspecified atom stereocenters. The van der Waals surface area contributed by atoms with Crippen molar-refractivity contribution in [1.29, 1.82) is 0 Å². The highest BCUT2D eigenvalue weighted by molar-refractivity contribution is 5.99. The van der Waals surface area contributed by atoms with Gasteiger partial charge in [0.05, 0.1) is 17.9 Å². The number of carbonyl (C=O) groups is 3. The van der Waals surface area contributed by atoms with Gasteiger partial charge in [0.15, 0.2) is 5.78 Å². The molecule has 8 heteroatoms. The van der Waals surface area contributed by atoms with Crippen molar-refractivity contribution in [2.75, 3.05) is 27.2 Å². The number of hydrogen-bond donors (Lipinski definition) is 2. The zero-order valence-corrected chi connectivity index (χ0v) is 18.0. The maximum Gasteiger partial charge on any atom is 0.255 e. The molecule has 0 aliphatic carbocycles. The molecule has 0 aromatic carbocycles. The second-order valence-corrected chi connectivity index (χ2v) is 8.28. The largest absolute Gasteiger partial charge is 0.469 e. The van der Waals surface area contributed by atoms with E-state index >= 15 is 0 Å². The summed E-state index contributed by atoms with van der Waals surface area (Å²) < 4.78 is 10.8. The van der Waals surface area contributed by atoms with Crippen LogP contribution in [0, 0.1) is 12.8 Å². The van der Waals surface area contributed by atoms with Gasteiger partial charge in [-0.1, -0.05) is 13.8 Å². The first-order valence-corrected chi connectivity index (χ1v) is 10.1. The first kappa shape index (κ1) is 23.1. The lowest BCUT2D eigenvalue weighted by atomic mass is 10.0. The fourth-order valence-electron chi connectivity index (χ4n) is 3.27. The van der Waals surface area contributed by atoms with E-state index in [1.54, 1.807) is 13.0 Å². The minimum absolute atomic E-state index is 0.000274. The molecule has 162 valence electrons. The third kappa shape index (κ3) is 6.68. The third-order valence-electron chi connectivity index (χ3n) is 5.07. The Morgan fingerprint density at radius 1 is 1.28 bits per heavy atom. The molecule has 2 heterocycles. The quantitative estimate of drug-likeness (QED) is 0.610. The molecule has 1 aliphatic rings. The maximum atomic E-state index is 13.0. The minimum Gasteiger partial charge on any atom is -0.469 e. The standard InChI is InChI=1S/C21H33N3O5/c1-13(2)6-7-16(22-20(26)15-9-11-28-14(15)3)21(27)23-19-17(25)12-29-18(19)8-10-24(4)5/h9,11,13,16,18-19H,6-8,10,12H2,1-5H3,(H,22,26)(H,23,27)/t16-,18?,19?/m0/s1. The van der Waals surface area contributed by atoms with Crippen molar-refractivity contribution >= 4 is 17.6 Å².